The van der Waals surface area contributed by atoms with E-state index in [0.717, 1.165) is 0 Å². The van der Waals surface area contributed by atoms with Crippen LogP contribution in [0.5, 0.6) is 0 Å². The van der Waals surface area contributed by atoms with Gasteiger partial charge in [-0.2, -0.15) is 4.98 Å². The topological polar surface area (TPSA) is 111 Å². The predicted octanol–water partition coefficient (Wildman–Crippen LogP) is -0.464. The summed E-state index contributed by atoms with van der Waals surface area (Å²) in [5.74, 6) is 0.818. The van der Waals surface area contributed by atoms with Gasteiger partial charge in [0.1, 0.15) is 0 Å². The Morgan fingerprint density at radius 2 is 2.19 bits per heavy atom. The summed E-state index contributed by atoms with van der Waals surface area (Å²) in [4.78, 5) is 3.89. The first-order valence-corrected chi connectivity index (χ1v) is 6.65. The summed E-state index contributed by atoms with van der Waals surface area (Å²) in [6, 6.07) is 0. The molecule has 3 N–H and O–H groups in total. The number of hydrogen-bond donors (Lipinski definition) is 2. The van der Waals surface area contributed by atoms with Gasteiger partial charge in [-0.15, -0.1) is 0 Å². The molecule has 0 fully saturated rings. The molecule has 0 spiro atoms. The molecule has 8 heteroatoms. The second-order valence-corrected chi connectivity index (χ2v) is 5.29. The average Bonchev–Trinajstić information content (AvgIpc) is 2.62. The summed E-state index contributed by atoms with van der Waals surface area (Å²) in [7, 11) is -3.27. The molecule has 0 amide bonds. The Morgan fingerprint density at radius 3 is 2.75 bits per heavy atom. The minimum Gasteiger partial charge on any atom is -0.340 e. The number of nitrogens with one attached hydrogen (secondary N) is 1. The number of hydrogen-bond acceptors (Lipinski definition) is 6. The highest BCUT2D eigenvalue weighted by atomic mass is 32.2. The Kier molecular flexibility index (Phi) is 4.84. The first-order chi connectivity index (χ1) is 7.53. The lowest BCUT2D eigenvalue weighted by Crippen LogP contribution is -2.26. The fourth-order valence-electron chi connectivity index (χ4n) is 1.10. The predicted molar refractivity (Wildman–Crippen MR) is 57.9 cm³/mol. The largest absolute Gasteiger partial charge is 0.340 e. The summed E-state index contributed by atoms with van der Waals surface area (Å²) >= 11 is 0. The minimum absolute atomic E-state index is 0.0578. The number of nitrogens with zero attached hydrogens (tertiary/aromatic N) is 2. The Balaban J connectivity index is 2.36. The van der Waals surface area contributed by atoms with E-state index in [1.807, 2.05) is 0 Å². The molecule has 1 heterocycles. The highest BCUT2D eigenvalue weighted by Gasteiger charge is 2.11. The van der Waals surface area contributed by atoms with Gasteiger partial charge in [-0.05, 0) is 19.4 Å². The molecule has 1 rings (SSSR count). The van der Waals surface area contributed by atoms with E-state index in [4.69, 9.17) is 10.3 Å². The maximum atomic E-state index is 11.4. The van der Waals surface area contributed by atoms with Crippen molar-refractivity contribution in [1.82, 2.24) is 14.9 Å². The summed E-state index contributed by atoms with van der Waals surface area (Å²) in [6.45, 7) is 2.20. The highest BCUT2D eigenvalue weighted by molar-refractivity contribution is 7.89. The van der Waals surface area contributed by atoms with Crippen LogP contribution in [-0.4, -0.2) is 30.9 Å². The number of unbranched alkanes of at least 4 members (excludes halogenated alkanes) is 1. The van der Waals surface area contributed by atoms with Crippen LogP contribution < -0.4 is 10.5 Å². The number of sulfonamides is 1. The smallest absolute Gasteiger partial charge is 0.223 e. The molecule has 0 aliphatic rings. The summed E-state index contributed by atoms with van der Waals surface area (Å²) in [5, 5.41) is 3.58. The molecule has 0 atom stereocenters. The van der Waals surface area contributed by atoms with Gasteiger partial charge >= 0.3 is 0 Å². The van der Waals surface area contributed by atoms with Crippen molar-refractivity contribution in [2.75, 3.05) is 12.3 Å². The molecule has 0 saturated carbocycles. The van der Waals surface area contributed by atoms with Crippen molar-refractivity contribution >= 4 is 10.0 Å². The molecule has 0 aromatic carbocycles. The van der Waals surface area contributed by atoms with Crippen LogP contribution in [0.1, 0.15) is 24.6 Å². The molecule has 0 radical (unpaired) electrons. The third kappa shape index (κ3) is 4.69. The average molecular weight is 248 g/mol. The maximum absolute atomic E-state index is 11.4. The van der Waals surface area contributed by atoms with Crippen molar-refractivity contribution < 1.29 is 12.9 Å². The minimum atomic E-state index is -3.27. The maximum Gasteiger partial charge on any atom is 0.223 e. The number of aryl methyl sites for hydroxylation is 1. The molecule has 16 heavy (non-hydrogen) atoms. The first-order valence-electron chi connectivity index (χ1n) is 5.00. The Hall–Kier alpha value is -0.990. The van der Waals surface area contributed by atoms with Gasteiger partial charge in [0.05, 0.1) is 12.3 Å². The van der Waals surface area contributed by atoms with E-state index in [0.29, 0.717) is 31.1 Å². The van der Waals surface area contributed by atoms with Gasteiger partial charge in [0.2, 0.25) is 15.9 Å². The van der Waals surface area contributed by atoms with E-state index >= 15 is 0 Å². The van der Waals surface area contributed by atoms with Gasteiger partial charge in [-0.25, -0.2) is 13.1 Å². The van der Waals surface area contributed by atoms with Crippen LogP contribution in [0.15, 0.2) is 4.52 Å². The standard InChI is InChI=1S/C8H16N4O3S/c1-7-11-8(12-15-7)6-10-16(13,14)5-3-2-4-9/h10H,2-6,9H2,1H3. The van der Waals surface area contributed by atoms with Crippen molar-refractivity contribution in [3.8, 4) is 0 Å². The van der Waals surface area contributed by atoms with E-state index in [-0.39, 0.29) is 12.3 Å². The van der Waals surface area contributed by atoms with Crippen molar-refractivity contribution in [2.24, 2.45) is 5.73 Å². The van der Waals surface area contributed by atoms with Gasteiger partial charge < -0.3 is 10.3 Å². The highest BCUT2D eigenvalue weighted by Crippen LogP contribution is 1.97. The van der Waals surface area contributed by atoms with Gasteiger partial charge in [-0.3, -0.25) is 0 Å². The molecule has 0 bridgehead atoms. The molecule has 1 aromatic rings. The zero-order valence-corrected chi connectivity index (χ0v) is 9.96. The van der Waals surface area contributed by atoms with Crippen LogP contribution in [0.3, 0.4) is 0 Å². The van der Waals surface area contributed by atoms with E-state index in [1.54, 1.807) is 6.92 Å². The van der Waals surface area contributed by atoms with Gasteiger partial charge in [0.25, 0.3) is 0 Å². The fraction of sp³-hybridized carbons (Fsp3) is 0.750. The quantitative estimate of drug-likeness (QED) is 0.631. The van der Waals surface area contributed by atoms with Gasteiger partial charge in [-0.1, -0.05) is 5.16 Å². The number of aromatic nitrogens is 2. The molecule has 92 valence electrons. The van der Waals surface area contributed by atoms with Crippen LogP contribution in [0.25, 0.3) is 0 Å². The number of nitrogens with two attached hydrogens (primary N) is 1. The van der Waals surface area contributed by atoms with E-state index in [2.05, 4.69) is 14.9 Å². The summed E-state index contributed by atoms with van der Waals surface area (Å²) in [5.41, 5.74) is 5.28. The molecule has 7 nitrogen and oxygen atoms in total. The van der Waals surface area contributed by atoms with E-state index in [9.17, 15) is 8.42 Å². The summed E-state index contributed by atoms with van der Waals surface area (Å²) < 4.78 is 30.0. The summed E-state index contributed by atoms with van der Waals surface area (Å²) in [6.07, 6.45) is 1.25. The van der Waals surface area contributed by atoms with Gasteiger partial charge in [0, 0.05) is 6.92 Å². The lowest BCUT2D eigenvalue weighted by Gasteiger charge is -2.03. The van der Waals surface area contributed by atoms with Crippen molar-refractivity contribution in [2.45, 2.75) is 26.3 Å². The molecule has 0 aliphatic carbocycles. The zero-order chi connectivity index (χ0) is 12.0. The van der Waals surface area contributed by atoms with E-state index < -0.39 is 10.0 Å². The third-order valence-electron chi connectivity index (χ3n) is 1.89. The van der Waals surface area contributed by atoms with Gasteiger partial charge in [0.15, 0.2) is 5.82 Å². The zero-order valence-electron chi connectivity index (χ0n) is 9.14. The van der Waals surface area contributed by atoms with E-state index in [1.165, 1.54) is 0 Å². The van der Waals surface area contributed by atoms with Crippen molar-refractivity contribution in [3.63, 3.8) is 0 Å². The lowest BCUT2D eigenvalue weighted by molar-refractivity contribution is 0.387. The van der Waals surface area contributed by atoms with Crippen LogP contribution in [0, 0.1) is 6.92 Å². The molecular weight excluding hydrogens is 232 g/mol. The SMILES string of the molecule is Cc1nc(CNS(=O)(=O)CCCCN)no1. The Bertz CT molecular complexity index is 415. The van der Waals surface area contributed by atoms with Crippen molar-refractivity contribution in [3.05, 3.63) is 11.7 Å². The lowest BCUT2D eigenvalue weighted by atomic mass is 10.3. The molecule has 0 saturated heterocycles. The second kappa shape index (κ2) is 5.92. The van der Waals surface area contributed by atoms with Crippen molar-refractivity contribution in [1.29, 1.82) is 0 Å². The Labute approximate surface area is 94.5 Å². The molecular formula is C8H16N4O3S. The molecule has 1 aromatic heterocycles. The second-order valence-electron chi connectivity index (χ2n) is 3.37. The van der Waals surface area contributed by atoms with Crippen LogP contribution in [0.4, 0.5) is 0 Å². The first kappa shape index (κ1) is 13.1. The fourth-order valence-corrected chi connectivity index (χ4v) is 2.17. The Morgan fingerprint density at radius 1 is 1.44 bits per heavy atom. The third-order valence-corrected chi connectivity index (χ3v) is 3.30. The van der Waals surface area contributed by atoms with Crippen LogP contribution in [0.2, 0.25) is 0 Å². The molecule has 0 aliphatic heterocycles. The monoisotopic (exact) mass is 248 g/mol. The van der Waals surface area contributed by atoms with Crippen LogP contribution in [-0.2, 0) is 16.6 Å². The number of rotatable bonds is 7. The normalized spacial score (nSPS) is 11.9. The van der Waals surface area contributed by atoms with Crippen LogP contribution >= 0.6 is 0 Å². The molecule has 0 unspecified atom stereocenters.